The van der Waals surface area contributed by atoms with Gasteiger partial charge in [0.2, 0.25) is 0 Å². The van der Waals surface area contributed by atoms with Crippen LogP contribution < -0.4 is 0 Å². The highest BCUT2D eigenvalue weighted by Gasteiger charge is 2.54. The maximum atomic E-state index is 11.4. The van der Waals surface area contributed by atoms with Gasteiger partial charge in [-0.1, -0.05) is 0 Å². The van der Waals surface area contributed by atoms with Crippen molar-refractivity contribution in [1.82, 2.24) is 0 Å². The first kappa shape index (κ1) is 41.9. The number of aliphatic hydroxyl groups excluding tert-OH is 11. The Balaban J connectivity index is 1.61. The van der Waals surface area contributed by atoms with Crippen LogP contribution in [0.3, 0.4) is 0 Å². The first-order chi connectivity index (χ1) is 23.9. The zero-order valence-corrected chi connectivity index (χ0v) is 27.8. The minimum atomic E-state index is -1.95. The molecule has 20 atom stereocenters. The first-order valence-corrected chi connectivity index (χ1v) is 16.3. The average molecular weight is 737 g/mol. The van der Waals surface area contributed by atoms with Gasteiger partial charge >= 0.3 is 0 Å². The van der Waals surface area contributed by atoms with Crippen LogP contribution in [0.4, 0.5) is 0 Å². The number of methoxy groups -OCH3 is 2. The van der Waals surface area contributed by atoms with E-state index in [4.69, 9.17) is 47.4 Å². The summed E-state index contributed by atoms with van der Waals surface area (Å²) < 4.78 is 56.4. The molecular weight excluding hydrogens is 684 g/mol. The average Bonchev–Trinajstić information content (AvgIpc) is 3.11. The SMILES string of the molecule is CO[C@@H]1[C@@H](O)[C@H](O)[C@@H](OC[C@@H]2O[C@H](O[C@H]3[C@@H](O)[C@@H](O)[C@H](C)O[C@H]3CO)[C@@H](O)[C@H](O)[C@@H]2O[C@@H]2O[C@H](CO)[C@H](OC)[C@H](O)[C@@H]2OCCO)O[C@H]1CO. The van der Waals surface area contributed by atoms with Crippen LogP contribution in [-0.4, -0.2) is 233 Å². The summed E-state index contributed by atoms with van der Waals surface area (Å²) in [7, 11) is 2.50. The molecule has 0 spiro atoms. The van der Waals surface area contributed by atoms with E-state index in [9.17, 15) is 56.2 Å². The van der Waals surface area contributed by atoms with Crippen molar-refractivity contribution >= 4 is 0 Å². The number of hydrogen-bond acceptors (Lipinski definition) is 21. The lowest BCUT2D eigenvalue weighted by molar-refractivity contribution is -0.381. The lowest BCUT2D eigenvalue weighted by Crippen LogP contribution is -2.67. The van der Waals surface area contributed by atoms with E-state index in [0.717, 1.165) is 0 Å². The molecular formula is C29H52O21. The molecule has 50 heavy (non-hydrogen) atoms. The quantitative estimate of drug-likeness (QED) is 0.0744. The van der Waals surface area contributed by atoms with Crippen molar-refractivity contribution in [2.45, 2.75) is 130 Å². The molecule has 4 fully saturated rings. The monoisotopic (exact) mass is 736 g/mol. The van der Waals surface area contributed by atoms with Crippen molar-refractivity contribution in [3.05, 3.63) is 0 Å². The normalized spacial score (nSPS) is 48.8. The second-order valence-corrected chi connectivity index (χ2v) is 12.5. The molecule has 0 unspecified atom stereocenters. The van der Waals surface area contributed by atoms with Gasteiger partial charge in [0.05, 0.1) is 45.7 Å². The molecule has 0 aromatic heterocycles. The Morgan fingerprint density at radius 2 is 0.920 bits per heavy atom. The molecule has 4 aliphatic heterocycles. The maximum Gasteiger partial charge on any atom is 0.187 e. The van der Waals surface area contributed by atoms with Crippen LogP contribution >= 0.6 is 0 Å². The molecule has 4 rings (SSSR count). The van der Waals surface area contributed by atoms with Crippen molar-refractivity contribution in [3.8, 4) is 0 Å². The summed E-state index contributed by atoms with van der Waals surface area (Å²) in [5.74, 6) is 0. The lowest BCUT2D eigenvalue weighted by Gasteiger charge is -2.49. The van der Waals surface area contributed by atoms with Gasteiger partial charge in [-0.25, -0.2) is 0 Å². The Bertz CT molecular complexity index is 995. The Morgan fingerprint density at radius 1 is 0.460 bits per heavy atom. The van der Waals surface area contributed by atoms with E-state index in [1.54, 1.807) is 0 Å². The molecule has 11 N–H and O–H groups in total. The highest BCUT2D eigenvalue weighted by molar-refractivity contribution is 4.98. The first-order valence-electron chi connectivity index (χ1n) is 16.3. The highest BCUT2D eigenvalue weighted by Crippen LogP contribution is 2.34. The van der Waals surface area contributed by atoms with Crippen LogP contribution in [-0.2, 0) is 47.4 Å². The number of hydrogen-bond donors (Lipinski definition) is 11. The summed E-state index contributed by atoms with van der Waals surface area (Å²) in [6, 6.07) is 0. The molecule has 21 nitrogen and oxygen atoms in total. The second kappa shape index (κ2) is 19.0. The Kier molecular flexibility index (Phi) is 15.9. The van der Waals surface area contributed by atoms with E-state index in [1.807, 2.05) is 0 Å². The van der Waals surface area contributed by atoms with Crippen molar-refractivity contribution in [2.75, 3.05) is 53.9 Å². The second-order valence-electron chi connectivity index (χ2n) is 12.5. The molecule has 0 amide bonds. The van der Waals surface area contributed by atoms with Crippen LogP contribution in [0.1, 0.15) is 6.92 Å². The van der Waals surface area contributed by atoms with Crippen LogP contribution in [0.5, 0.6) is 0 Å². The predicted molar refractivity (Wildman–Crippen MR) is 158 cm³/mol. The minimum Gasteiger partial charge on any atom is -0.394 e. The Labute approximate surface area is 287 Å². The fourth-order valence-corrected chi connectivity index (χ4v) is 6.55. The van der Waals surface area contributed by atoms with E-state index < -0.39 is 156 Å². The molecule has 0 saturated carbocycles. The summed E-state index contributed by atoms with van der Waals surface area (Å²) >= 11 is 0. The van der Waals surface area contributed by atoms with E-state index in [0.29, 0.717) is 0 Å². The van der Waals surface area contributed by atoms with Crippen molar-refractivity contribution < 1.29 is 104 Å². The van der Waals surface area contributed by atoms with Gasteiger partial charge in [-0.2, -0.15) is 0 Å². The molecule has 4 heterocycles. The van der Waals surface area contributed by atoms with Gasteiger partial charge in [0.15, 0.2) is 18.9 Å². The van der Waals surface area contributed by atoms with Crippen molar-refractivity contribution in [1.29, 1.82) is 0 Å². The largest absolute Gasteiger partial charge is 0.394 e. The van der Waals surface area contributed by atoms with Gasteiger partial charge in [-0.15, -0.1) is 0 Å². The molecule has 0 aliphatic carbocycles. The molecule has 294 valence electrons. The van der Waals surface area contributed by atoms with Crippen LogP contribution in [0, 0.1) is 0 Å². The predicted octanol–water partition coefficient (Wildman–Crippen LogP) is -7.35. The molecule has 0 aromatic rings. The fourth-order valence-electron chi connectivity index (χ4n) is 6.55. The standard InChI is InChI=1S/C29H52O21/c1-10-15(34)16(35)24(13(8-33)45-10)49-28-20(39)18(37)25(50-29-26(43-5-4-30)21(40)23(42-3)12(7-32)47-29)14(48-28)9-44-27-19(38)17(36)22(41-2)11(6-31)46-27/h10-40H,4-9H2,1-3H3/t10-,11-,12+,13-,14-,15-,16-,17-,18-,19-,20-,21-,22-,23-,24+,25+,26-,27-,28+,29-/m0/s1. The van der Waals surface area contributed by atoms with Crippen LogP contribution in [0.25, 0.3) is 0 Å². The van der Waals surface area contributed by atoms with Gasteiger partial charge in [0.25, 0.3) is 0 Å². The van der Waals surface area contributed by atoms with Gasteiger partial charge in [0, 0.05) is 14.2 Å². The van der Waals surface area contributed by atoms with E-state index >= 15 is 0 Å². The topological polar surface area (TPSA) is 315 Å². The fraction of sp³-hybridized carbons (Fsp3) is 1.00. The smallest absolute Gasteiger partial charge is 0.187 e. The molecule has 0 radical (unpaired) electrons. The Hall–Kier alpha value is -0.840. The van der Waals surface area contributed by atoms with Gasteiger partial charge in [-0.3, -0.25) is 0 Å². The van der Waals surface area contributed by atoms with E-state index in [2.05, 4.69) is 0 Å². The van der Waals surface area contributed by atoms with Gasteiger partial charge in [-0.05, 0) is 6.92 Å². The molecule has 0 bridgehead atoms. The summed E-state index contributed by atoms with van der Waals surface area (Å²) in [4.78, 5) is 0. The minimum absolute atomic E-state index is 0.296. The highest BCUT2D eigenvalue weighted by atomic mass is 16.8. The summed E-state index contributed by atoms with van der Waals surface area (Å²) in [5.41, 5.74) is 0. The number of rotatable bonds is 15. The molecule has 4 aliphatic rings. The van der Waals surface area contributed by atoms with Crippen molar-refractivity contribution in [2.24, 2.45) is 0 Å². The Morgan fingerprint density at radius 3 is 1.50 bits per heavy atom. The van der Waals surface area contributed by atoms with Crippen LogP contribution in [0.15, 0.2) is 0 Å². The van der Waals surface area contributed by atoms with E-state index in [1.165, 1.54) is 21.1 Å². The maximum absolute atomic E-state index is 11.4. The summed E-state index contributed by atoms with van der Waals surface area (Å²) in [6.07, 6.45) is -29.3. The summed E-state index contributed by atoms with van der Waals surface area (Å²) in [6.45, 7) is -1.88. The molecule has 21 heteroatoms. The number of ether oxygens (including phenoxy) is 10. The number of aliphatic hydroxyl groups is 11. The lowest BCUT2D eigenvalue weighted by atomic mass is 9.94. The van der Waals surface area contributed by atoms with Crippen LogP contribution in [0.2, 0.25) is 0 Å². The van der Waals surface area contributed by atoms with Gasteiger partial charge in [0.1, 0.15) is 97.7 Å². The zero-order chi connectivity index (χ0) is 36.9. The third kappa shape index (κ3) is 8.92. The van der Waals surface area contributed by atoms with Gasteiger partial charge < -0.3 is 104 Å². The third-order valence-electron chi connectivity index (χ3n) is 9.31. The third-order valence-corrected chi connectivity index (χ3v) is 9.31. The van der Waals surface area contributed by atoms with Crippen molar-refractivity contribution in [3.63, 3.8) is 0 Å². The van der Waals surface area contributed by atoms with E-state index in [-0.39, 0.29) is 6.61 Å². The zero-order valence-electron chi connectivity index (χ0n) is 27.8. The molecule has 0 aromatic carbocycles. The molecule has 4 saturated heterocycles. The summed E-state index contributed by atoms with van der Waals surface area (Å²) in [5, 5.41) is 115.